The molecule has 3 aromatic rings. The van der Waals surface area contributed by atoms with E-state index in [4.69, 9.17) is 21.5 Å². The topological polar surface area (TPSA) is 78.6 Å². The van der Waals surface area contributed by atoms with Crippen molar-refractivity contribution in [3.63, 3.8) is 0 Å². The first-order valence-electron chi connectivity index (χ1n) is 8.95. The van der Waals surface area contributed by atoms with Gasteiger partial charge in [0.05, 0.1) is 16.3 Å². The van der Waals surface area contributed by atoms with Crippen LogP contribution in [0, 0.1) is 5.82 Å². The zero-order valence-electron chi connectivity index (χ0n) is 15.7. The van der Waals surface area contributed by atoms with E-state index < -0.39 is 34.3 Å². The van der Waals surface area contributed by atoms with Gasteiger partial charge in [0.1, 0.15) is 17.7 Å². The molecule has 0 saturated heterocycles. The number of hydrogen-bond acceptors (Lipinski definition) is 4. The predicted molar refractivity (Wildman–Crippen MR) is 109 cm³/mol. The summed E-state index contributed by atoms with van der Waals surface area (Å²) in [4.78, 5) is 0. The van der Waals surface area contributed by atoms with Crippen LogP contribution in [0.15, 0.2) is 54.6 Å². The molecule has 0 amide bonds. The molecule has 0 aromatic heterocycles. The Morgan fingerprint density at radius 1 is 1.13 bits per heavy atom. The van der Waals surface area contributed by atoms with Crippen molar-refractivity contribution in [3.8, 4) is 22.6 Å². The number of primary sulfonamides is 1. The number of fused-ring (bicyclic) bond motifs is 3. The summed E-state index contributed by atoms with van der Waals surface area (Å²) in [5.41, 5.74) is 1.86. The number of sulfonamides is 1. The average Bonchev–Trinajstić information content (AvgIpc) is 2.67. The van der Waals surface area contributed by atoms with Gasteiger partial charge in [-0.15, -0.1) is 0 Å². The van der Waals surface area contributed by atoms with Gasteiger partial charge in [0.15, 0.2) is 5.75 Å². The van der Waals surface area contributed by atoms with E-state index in [1.54, 1.807) is 12.1 Å². The minimum atomic E-state index is -3.83. The van der Waals surface area contributed by atoms with Crippen molar-refractivity contribution in [1.29, 1.82) is 0 Å². The molecule has 3 aromatic carbocycles. The van der Waals surface area contributed by atoms with Crippen molar-refractivity contribution in [1.82, 2.24) is 0 Å². The molecule has 0 bridgehead atoms. The molecule has 1 aliphatic rings. The van der Waals surface area contributed by atoms with E-state index in [0.717, 1.165) is 0 Å². The third-order valence-corrected chi connectivity index (χ3v) is 5.74. The van der Waals surface area contributed by atoms with E-state index >= 15 is 0 Å². The lowest BCUT2D eigenvalue weighted by atomic mass is 9.88. The Morgan fingerprint density at radius 3 is 2.58 bits per heavy atom. The van der Waals surface area contributed by atoms with Gasteiger partial charge >= 0.3 is 6.61 Å². The van der Waals surface area contributed by atoms with Crippen LogP contribution in [0.25, 0.3) is 11.1 Å². The van der Waals surface area contributed by atoms with Crippen LogP contribution in [0.5, 0.6) is 11.5 Å². The molecule has 162 valence electrons. The normalized spacial score (nSPS) is 15.2. The highest BCUT2D eigenvalue weighted by Gasteiger charge is 2.32. The Kier molecular flexibility index (Phi) is 5.59. The van der Waals surface area contributed by atoms with Crippen LogP contribution in [0.1, 0.15) is 22.8 Å². The Balaban J connectivity index is 1.95. The molecule has 10 heteroatoms. The Hall–Kier alpha value is -2.75. The van der Waals surface area contributed by atoms with Gasteiger partial charge in [0.25, 0.3) is 0 Å². The van der Waals surface area contributed by atoms with Gasteiger partial charge in [-0.3, -0.25) is 0 Å². The van der Waals surface area contributed by atoms with Crippen molar-refractivity contribution in [2.75, 3.05) is 0 Å². The summed E-state index contributed by atoms with van der Waals surface area (Å²) < 4.78 is 73.8. The maximum Gasteiger partial charge on any atom is 0.387 e. The van der Waals surface area contributed by atoms with E-state index in [1.807, 2.05) is 0 Å². The smallest absolute Gasteiger partial charge is 0.387 e. The summed E-state index contributed by atoms with van der Waals surface area (Å²) in [5.74, 6) is -1.00. The summed E-state index contributed by atoms with van der Waals surface area (Å²) in [6.45, 7) is -3.13. The molecule has 0 radical (unpaired) electrons. The first kappa shape index (κ1) is 21.5. The second-order valence-corrected chi connectivity index (χ2v) is 8.93. The molecule has 0 aliphatic carbocycles. The van der Waals surface area contributed by atoms with E-state index in [1.165, 1.54) is 42.5 Å². The summed E-state index contributed by atoms with van der Waals surface area (Å²) in [6.07, 6.45) is -0.834. The molecule has 2 N–H and O–H groups in total. The molecule has 1 heterocycles. The quantitative estimate of drug-likeness (QED) is 0.569. The molecular formula is C21H15ClF3NO4S. The molecular weight excluding hydrogens is 455 g/mol. The standard InChI is InChI=1S/C21H15ClF3NO4S/c22-16-6-7-17-18(20(16)30-21(24)25)14-5-4-11(10-31(26,27)28)8-15(14)19(29-17)12-2-1-3-13(23)9-12/h1-9,19,21H,10H2,(H2,26,27,28). The maximum absolute atomic E-state index is 13.9. The molecule has 1 aliphatic heterocycles. The third-order valence-electron chi connectivity index (χ3n) is 4.71. The fourth-order valence-electron chi connectivity index (χ4n) is 3.58. The van der Waals surface area contributed by atoms with E-state index in [9.17, 15) is 21.6 Å². The minimum Gasteiger partial charge on any atom is -0.480 e. The number of ether oxygens (including phenoxy) is 2. The number of nitrogens with two attached hydrogens (primary N) is 1. The highest BCUT2D eigenvalue weighted by Crippen LogP contribution is 2.51. The highest BCUT2D eigenvalue weighted by molar-refractivity contribution is 7.88. The first-order valence-corrected chi connectivity index (χ1v) is 11.0. The average molecular weight is 470 g/mol. The molecule has 31 heavy (non-hydrogen) atoms. The van der Waals surface area contributed by atoms with Crippen molar-refractivity contribution in [2.45, 2.75) is 18.5 Å². The predicted octanol–water partition coefficient (Wildman–Crippen LogP) is 5.02. The lowest BCUT2D eigenvalue weighted by molar-refractivity contribution is -0.0495. The number of alkyl halides is 2. The van der Waals surface area contributed by atoms with Gasteiger partial charge in [-0.25, -0.2) is 17.9 Å². The lowest BCUT2D eigenvalue weighted by Crippen LogP contribution is -2.19. The Bertz CT molecular complexity index is 1270. The van der Waals surface area contributed by atoms with E-state index in [0.29, 0.717) is 22.3 Å². The number of rotatable bonds is 5. The monoisotopic (exact) mass is 469 g/mol. The largest absolute Gasteiger partial charge is 0.480 e. The summed E-state index contributed by atoms with van der Waals surface area (Å²) in [6, 6.07) is 13.2. The van der Waals surface area contributed by atoms with Crippen LogP contribution in [0.3, 0.4) is 0 Å². The maximum atomic E-state index is 13.9. The van der Waals surface area contributed by atoms with Crippen molar-refractivity contribution >= 4 is 21.6 Å². The van der Waals surface area contributed by atoms with Crippen LogP contribution in [-0.4, -0.2) is 15.0 Å². The third kappa shape index (κ3) is 4.48. The highest BCUT2D eigenvalue weighted by atomic mass is 35.5. The number of hydrogen-bond donors (Lipinski definition) is 1. The molecule has 1 atom stereocenters. The summed E-state index contributed by atoms with van der Waals surface area (Å²) >= 11 is 6.11. The van der Waals surface area contributed by atoms with Gasteiger partial charge in [-0.2, -0.15) is 8.78 Å². The first-order chi connectivity index (χ1) is 14.6. The molecule has 0 fully saturated rings. The van der Waals surface area contributed by atoms with Gasteiger partial charge in [0.2, 0.25) is 10.0 Å². The lowest BCUT2D eigenvalue weighted by Gasteiger charge is -2.31. The van der Waals surface area contributed by atoms with Gasteiger partial charge in [-0.05, 0) is 41.0 Å². The van der Waals surface area contributed by atoms with Gasteiger partial charge in [0, 0.05) is 5.56 Å². The minimum absolute atomic E-state index is 0.0496. The second kappa shape index (κ2) is 8.07. The Labute approximate surface area is 181 Å². The van der Waals surface area contributed by atoms with Crippen LogP contribution < -0.4 is 14.6 Å². The fraction of sp³-hybridized carbons (Fsp3) is 0.143. The van der Waals surface area contributed by atoms with Gasteiger partial charge < -0.3 is 9.47 Å². The fourth-order valence-corrected chi connectivity index (χ4v) is 4.43. The number of benzene rings is 3. The second-order valence-electron chi connectivity index (χ2n) is 6.91. The molecule has 4 rings (SSSR count). The van der Waals surface area contributed by atoms with E-state index in [-0.39, 0.29) is 22.1 Å². The van der Waals surface area contributed by atoms with Crippen molar-refractivity contribution in [3.05, 3.63) is 82.1 Å². The van der Waals surface area contributed by atoms with Crippen LogP contribution in [0.4, 0.5) is 13.2 Å². The molecule has 5 nitrogen and oxygen atoms in total. The molecule has 0 saturated carbocycles. The van der Waals surface area contributed by atoms with Gasteiger partial charge in [-0.1, -0.05) is 41.9 Å². The zero-order chi connectivity index (χ0) is 22.3. The van der Waals surface area contributed by atoms with Crippen molar-refractivity contribution in [2.24, 2.45) is 5.14 Å². The van der Waals surface area contributed by atoms with Crippen LogP contribution >= 0.6 is 11.6 Å². The SMILES string of the molecule is NS(=O)(=O)Cc1ccc2c(c1)C(c1cccc(F)c1)Oc1ccc(Cl)c(OC(F)F)c1-2. The molecule has 0 spiro atoms. The van der Waals surface area contributed by atoms with Crippen LogP contribution in [-0.2, 0) is 15.8 Å². The zero-order valence-corrected chi connectivity index (χ0v) is 17.3. The van der Waals surface area contributed by atoms with Crippen molar-refractivity contribution < 1.29 is 31.1 Å². The summed E-state index contributed by atoms with van der Waals surface area (Å²) in [7, 11) is -3.83. The van der Waals surface area contributed by atoms with Crippen LogP contribution in [0.2, 0.25) is 5.02 Å². The molecule has 1 unspecified atom stereocenters. The Morgan fingerprint density at radius 2 is 1.90 bits per heavy atom. The number of halogens is 4. The van der Waals surface area contributed by atoms with E-state index in [2.05, 4.69) is 4.74 Å². The summed E-state index contributed by atoms with van der Waals surface area (Å²) in [5, 5.41) is 5.11.